The van der Waals surface area contributed by atoms with Crippen LogP contribution >= 0.6 is 12.4 Å². The number of hydrogen-bond acceptors (Lipinski definition) is 7. The number of nitrogens with zero attached hydrogens (tertiary/aromatic N) is 1. The molecule has 1 amide bonds. The average molecular weight is 535 g/mol. The molecule has 1 aliphatic rings. The third-order valence-electron chi connectivity index (χ3n) is 5.44. The summed E-state index contributed by atoms with van der Waals surface area (Å²) >= 11 is 0. The fourth-order valence-corrected chi connectivity index (χ4v) is 5.63. The summed E-state index contributed by atoms with van der Waals surface area (Å²) in [5, 5.41) is 9.22. The number of halogens is 4. The average Bonchev–Trinajstić information content (AvgIpc) is 2.80. The first-order valence-corrected chi connectivity index (χ1v) is 11.5. The first-order valence-electron chi connectivity index (χ1n) is 9.99. The molecule has 13 heteroatoms. The maximum absolute atomic E-state index is 13.4. The predicted octanol–water partition coefficient (Wildman–Crippen LogP) is 3.55. The molecule has 35 heavy (non-hydrogen) atoms. The zero-order valence-electron chi connectivity index (χ0n) is 18.1. The van der Waals surface area contributed by atoms with Crippen molar-refractivity contribution in [3.63, 3.8) is 0 Å². The van der Waals surface area contributed by atoms with E-state index in [1.807, 2.05) is 4.90 Å². The first kappa shape index (κ1) is 28.3. The van der Waals surface area contributed by atoms with Crippen LogP contribution in [0.5, 0.6) is 17.2 Å². The Morgan fingerprint density at radius 3 is 2.00 bits per heavy atom. The van der Waals surface area contributed by atoms with Gasteiger partial charge in [-0.2, -0.15) is 0 Å². The molecule has 0 aliphatic carbocycles. The van der Waals surface area contributed by atoms with Crippen molar-refractivity contribution < 1.29 is 41.1 Å². The highest BCUT2D eigenvalue weighted by Crippen LogP contribution is 2.37. The maximum Gasteiger partial charge on any atom is 0.573 e. The van der Waals surface area contributed by atoms with Crippen molar-refractivity contribution in [3.8, 4) is 29.6 Å². The van der Waals surface area contributed by atoms with Crippen LogP contribution in [-0.4, -0.2) is 55.2 Å². The third kappa shape index (κ3) is 6.37. The number of hydroxylamine groups is 1. The summed E-state index contributed by atoms with van der Waals surface area (Å²) in [6.45, 7) is 0.824. The Morgan fingerprint density at radius 2 is 1.54 bits per heavy atom. The van der Waals surface area contributed by atoms with Gasteiger partial charge in [-0.15, -0.1) is 32.0 Å². The number of carbonyl (C=O) groups is 1. The summed E-state index contributed by atoms with van der Waals surface area (Å²) < 4.78 is 71.1. The quantitative estimate of drug-likeness (QED) is 0.318. The number of terminal acetylenes is 1. The van der Waals surface area contributed by atoms with Gasteiger partial charge in [-0.1, -0.05) is 5.92 Å². The molecule has 0 aromatic heterocycles. The Morgan fingerprint density at radius 1 is 1.06 bits per heavy atom. The van der Waals surface area contributed by atoms with Gasteiger partial charge < -0.3 is 9.47 Å². The van der Waals surface area contributed by atoms with Crippen LogP contribution in [0.3, 0.4) is 0 Å². The molecule has 1 heterocycles. The Kier molecular flexibility index (Phi) is 9.02. The SMILES string of the molecule is C#CCN1CCC(C(=O)NO)(S(=O)(=O)c2ccc(Oc3ccc(OC(F)(F)F)cc3)cc2)CC1.Cl. The smallest absolute Gasteiger partial charge is 0.457 e. The second kappa shape index (κ2) is 11.2. The van der Waals surface area contributed by atoms with Crippen LogP contribution in [0.4, 0.5) is 13.2 Å². The Bertz CT molecular complexity index is 1160. The number of benzene rings is 2. The summed E-state index contributed by atoms with van der Waals surface area (Å²) in [5.74, 6) is 1.45. The van der Waals surface area contributed by atoms with E-state index < -0.39 is 32.6 Å². The second-order valence-electron chi connectivity index (χ2n) is 7.51. The Balaban J connectivity index is 0.00000432. The van der Waals surface area contributed by atoms with Crippen LogP contribution in [0.2, 0.25) is 0 Å². The lowest BCUT2D eigenvalue weighted by Crippen LogP contribution is -2.57. The van der Waals surface area contributed by atoms with E-state index in [1.165, 1.54) is 41.9 Å². The van der Waals surface area contributed by atoms with E-state index in [-0.39, 0.29) is 54.7 Å². The molecule has 0 spiro atoms. The van der Waals surface area contributed by atoms with Crippen molar-refractivity contribution in [3.05, 3.63) is 48.5 Å². The van der Waals surface area contributed by atoms with Gasteiger partial charge in [0.15, 0.2) is 14.6 Å². The van der Waals surface area contributed by atoms with E-state index in [9.17, 15) is 31.6 Å². The van der Waals surface area contributed by atoms with Crippen LogP contribution in [0.1, 0.15) is 12.8 Å². The van der Waals surface area contributed by atoms with Gasteiger partial charge in [0.1, 0.15) is 17.2 Å². The second-order valence-corrected chi connectivity index (χ2v) is 9.77. The molecule has 0 bridgehead atoms. The molecule has 1 fully saturated rings. The minimum Gasteiger partial charge on any atom is -0.457 e. The molecule has 3 rings (SSSR count). The van der Waals surface area contributed by atoms with E-state index in [0.717, 1.165) is 12.1 Å². The summed E-state index contributed by atoms with van der Waals surface area (Å²) in [6.07, 6.45) is 0.362. The number of likely N-dealkylation sites (tertiary alicyclic amines) is 1. The topological polar surface area (TPSA) is 105 Å². The van der Waals surface area contributed by atoms with Crippen molar-refractivity contribution in [2.24, 2.45) is 0 Å². The van der Waals surface area contributed by atoms with E-state index in [0.29, 0.717) is 6.54 Å². The summed E-state index contributed by atoms with van der Waals surface area (Å²) in [4.78, 5) is 14.2. The van der Waals surface area contributed by atoms with E-state index in [2.05, 4.69) is 10.7 Å². The van der Waals surface area contributed by atoms with Crippen LogP contribution in [-0.2, 0) is 14.6 Å². The lowest BCUT2D eigenvalue weighted by atomic mass is 9.95. The van der Waals surface area contributed by atoms with E-state index >= 15 is 0 Å². The van der Waals surface area contributed by atoms with E-state index in [4.69, 9.17) is 11.2 Å². The number of rotatable bonds is 7. The van der Waals surface area contributed by atoms with Crippen molar-refractivity contribution in [2.45, 2.75) is 28.8 Å². The third-order valence-corrected chi connectivity index (χ3v) is 7.95. The highest BCUT2D eigenvalue weighted by molar-refractivity contribution is 7.93. The van der Waals surface area contributed by atoms with Gasteiger partial charge in [0.25, 0.3) is 5.91 Å². The number of sulfone groups is 1. The fourth-order valence-electron chi connectivity index (χ4n) is 3.68. The van der Waals surface area contributed by atoms with Gasteiger partial charge >= 0.3 is 6.36 Å². The van der Waals surface area contributed by atoms with Crippen LogP contribution in [0.15, 0.2) is 53.4 Å². The molecular formula is C22H22ClF3N2O6S. The van der Waals surface area contributed by atoms with Gasteiger partial charge in [-0.05, 0) is 61.4 Å². The fraction of sp³-hybridized carbons (Fsp3) is 0.318. The monoisotopic (exact) mass is 534 g/mol. The zero-order chi connectivity index (χ0) is 25.0. The molecule has 190 valence electrons. The number of amides is 1. The molecule has 0 radical (unpaired) electrons. The molecule has 8 nitrogen and oxygen atoms in total. The van der Waals surface area contributed by atoms with Crippen molar-refractivity contribution >= 4 is 28.2 Å². The summed E-state index contributed by atoms with van der Waals surface area (Å²) in [7, 11) is -4.21. The largest absolute Gasteiger partial charge is 0.573 e. The Hall–Kier alpha value is -2.98. The lowest BCUT2D eigenvalue weighted by Gasteiger charge is -2.38. The molecule has 2 aromatic rings. The minimum absolute atomic E-state index is 0. The van der Waals surface area contributed by atoms with Crippen LogP contribution in [0.25, 0.3) is 0 Å². The highest BCUT2D eigenvalue weighted by Gasteiger charge is 2.52. The molecule has 1 aliphatic heterocycles. The minimum atomic E-state index is -4.81. The molecule has 0 unspecified atom stereocenters. The van der Waals surface area contributed by atoms with Gasteiger partial charge in [-0.3, -0.25) is 14.9 Å². The number of piperidine rings is 1. The number of alkyl halides is 3. The van der Waals surface area contributed by atoms with E-state index in [1.54, 1.807) is 0 Å². The number of nitrogens with one attached hydrogen (secondary N) is 1. The molecule has 0 atom stereocenters. The molecule has 1 saturated heterocycles. The van der Waals surface area contributed by atoms with Gasteiger partial charge in [-0.25, -0.2) is 13.9 Å². The van der Waals surface area contributed by atoms with Crippen molar-refractivity contribution in [1.29, 1.82) is 0 Å². The summed E-state index contributed by atoms with van der Waals surface area (Å²) in [6, 6.07) is 9.89. The Labute approximate surface area is 206 Å². The zero-order valence-corrected chi connectivity index (χ0v) is 19.8. The molecular weight excluding hydrogens is 513 g/mol. The number of hydrogen-bond donors (Lipinski definition) is 2. The standard InChI is InChI=1S/C22H21F3N2O6S.ClH/c1-2-13-27-14-11-21(12-15-27,20(28)26-29)34(30,31)19-9-7-17(8-10-19)32-16-3-5-18(6-4-16)33-22(23,24)25;/h1,3-10,29H,11-15H2,(H,26,28);1H. The number of ether oxygens (including phenoxy) is 2. The van der Waals surface area contributed by atoms with Crippen molar-refractivity contribution in [2.75, 3.05) is 19.6 Å². The lowest BCUT2D eigenvalue weighted by molar-refractivity contribution is -0.274. The number of carbonyl (C=O) groups excluding carboxylic acids is 1. The highest BCUT2D eigenvalue weighted by atomic mass is 35.5. The van der Waals surface area contributed by atoms with Crippen molar-refractivity contribution in [1.82, 2.24) is 10.4 Å². The molecule has 2 N–H and O–H groups in total. The maximum atomic E-state index is 13.4. The van der Waals surface area contributed by atoms with Gasteiger partial charge in [0.05, 0.1) is 11.4 Å². The normalized spacial score (nSPS) is 15.9. The van der Waals surface area contributed by atoms with Crippen LogP contribution < -0.4 is 15.0 Å². The molecule has 2 aromatic carbocycles. The van der Waals surface area contributed by atoms with Gasteiger partial charge in [0, 0.05) is 13.1 Å². The van der Waals surface area contributed by atoms with Gasteiger partial charge in [0.2, 0.25) is 0 Å². The first-order chi connectivity index (χ1) is 16.0. The summed E-state index contributed by atoms with van der Waals surface area (Å²) in [5.41, 5.74) is 1.48. The predicted molar refractivity (Wildman–Crippen MR) is 121 cm³/mol. The molecule has 0 saturated carbocycles. The van der Waals surface area contributed by atoms with Crippen LogP contribution in [0, 0.1) is 12.3 Å².